The second-order valence-electron chi connectivity index (χ2n) is 6.87. The van der Waals surface area contributed by atoms with Gasteiger partial charge in [-0.25, -0.2) is 4.98 Å². The molecule has 8 heteroatoms. The second-order valence-corrected chi connectivity index (χ2v) is 7.22. The van der Waals surface area contributed by atoms with Crippen molar-refractivity contribution in [2.24, 2.45) is 0 Å². The van der Waals surface area contributed by atoms with Crippen LogP contribution >= 0.6 is 11.6 Å². The zero-order chi connectivity index (χ0) is 20.8. The highest BCUT2D eigenvalue weighted by molar-refractivity contribution is 6.32. The molecule has 2 aromatic rings. The summed E-state index contributed by atoms with van der Waals surface area (Å²) in [6.07, 6.45) is 2.56. The Morgan fingerprint density at radius 2 is 2.00 bits per heavy atom. The zero-order valence-corrected chi connectivity index (χ0v) is 17.3. The number of rotatable bonds is 7. The molecule has 1 aromatic carbocycles. The number of hydrogen-bond acceptors (Lipinski definition) is 5. The number of anilines is 2. The summed E-state index contributed by atoms with van der Waals surface area (Å²) in [6, 6.07) is 10.9. The summed E-state index contributed by atoms with van der Waals surface area (Å²) in [4.78, 5) is 31.1. The number of hydrogen-bond donors (Lipinski definition) is 2. The van der Waals surface area contributed by atoms with Gasteiger partial charge in [0.1, 0.15) is 5.75 Å². The topological polar surface area (TPSA) is 83.6 Å². The summed E-state index contributed by atoms with van der Waals surface area (Å²) in [5.74, 6) is 0.153. The molecular weight excluding hydrogens is 392 g/mol. The number of benzene rings is 1. The molecule has 0 fully saturated rings. The monoisotopic (exact) mass is 416 g/mol. The van der Waals surface area contributed by atoms with Crippen LogP contribution in [-0.4, -0.2) is 42.0 Å². The van der Waals surface area contributed by atoms with Crippen LogP contribution in [0.15, 0.2) is 42.6 Å². The molecule has 0 saturated carbocycles. The number of aromatic nitrogens is 1. The van der Waals surface area contributed by atoms with Gasteiger partial charge in [-0.15, -0.1) is 0 Å². The van der Waals surface area contributed by atoms with E-state index in [1.165, 1.54) is 0 Å². The van der Waals surface area contributed by atoms with Gasteiger partial charge in [0.15, 0.2) is 11.3 Å². The Morgan fingerprint density at radius 3 is 2.72 bits per heavy atom. The molecule has 2 N–H and O–H groups in total. The molecule has 1 aromatic heterocycles. The van der Waals surface area contributed by atoms with E-state index in [-0.39, 0.29) is 36.1 Å². The highest BCUT2D eigenvalue weighted by atomic mass is 35.5. The van der Waals surface area contributed by atoms with Crippen molar-refractivity contribution in [1.82, 2.24) is 10.3 Å². The Bertz CT molecular complexity index is 873. The van der Waals surface area contributed by atoms with E-state index in [1.807, 2.05) is 36.9 Å². The summed E-state index contributed by atoms with van der Waals surface area (Å²) < 4.78 is 5.92. The van der Waals surface area contributed by atoms with Crippen LogP contribution < -0.4 is 20.3 Å². The van der Waals surface area contributed by atoms with E-state index in [9.17, 15) is 9.59 Å². The summed E-state index contributed by atoms with van der Waals surface area (Å²) in [5, 5.41) is 6.02. The van der Waals surface area contributed by atoms with Crippen molar-refractivity contribution in [2.75, 3.05) is 23.3 Å². The van der Waals surface area contributed by atoms with Crippen LogP contribution in [0, 0.1) is 0 Å². The first-order chi connectivity index (χ1) is 14.0. The van der Waals surface area contributed by atoms with Crippen molar-refractivity contribution in [1.29, 1.82) is 0 Å². The lowest BCUT2D eigenvalue weighted by atomic mass is 10.1. The van der Waals surface area contributed by atoms with Crippen molar-refractivity contribution in [3.63, 3.8) is 0 Å². The van der Waals surface area contributed by atoms with Gasteiger partial charge >= 0.3 is 0 Å². The van der Waals surface area contributed by atoms with Gasteiger partial charge in [0.2, 0.25) is 5.91 Å². The summed E-state index contributed by atoms with van der Waals surface area (Å²) in [5.41, 5.74) is 1.22. The maximum atomic E-state index is 12.7. The zero-order valence-electron chi connectivity index (χ0n) is 16.5. The molecule has 0 spiro atoms. The lowest BCUT2D eigenvalue weighted by Crippen LogP contribution is -2.52. The van der Waals surface area contributed by atoms with Crippen LogP contribution in [0.5, 0.6) is 5.75 Å². The van der Waals surface area contributed by atoms with Gasteiger partial charge in [0, 0.05) is 12.2 Å². The van der Waals surface area contributed by atoms with Crippen molar-refractivity contribution in [3.05, 3.63) is 47.7 Å². The van der Waals surface area contributed by atoms with Crippen molar-refractivity contribution in [3.8, 4) is 5.75 Å². The molecule has 1 aliphatic heterocycles. The Hall–Kier alpha value is -2.80. The second kappa shape index (κ2) is 9.60. The number of carbonyl (C=O) groups excluding carboxylic acids is 2. The molecule has 0 radical (unpaired) electrons. The summed E-state index contributed by atoms with van der Waals surface area (Å²) in [6.45, 7) is 4.40. The van der Waals surface area contributed by atoms with Crippen LogP contribution in [0.25, 0.3) is 0 Å². The molecule has 1 unspecified atom stereocenters. The predicted octanol–water partition coefficient (Wildman–Crippen LogP) is 3.25. The number of ether oxygens (including phenoxy) is 1. The van der Waals surface area contributed by atoms with E-state index in [1.54, 1.807) is 24.4 Å². The van der Waals surface area contributed by atoms with Gasteiger partial charge in [0.05, 0.1) is 24.5 Å². The number of halogens is 1. The average molecular weight is 417 g/mol. The number of nitrogens with one attached hydrogen (secondary N) is 2. The molecule has 3 rings (SSSR count). The predicted molar refractivity (Wildman–Crippen MR) is 113 cm³/mol. The van der Waals surface area contributed by atoms with Gasteiger partial charge in [0.25, 0.3) is 5.91 Å². The van der Waals surface area contributed by atoms with Crippen LogP contribution in [0.3, 0.4) is 0 Å². The SMILES string of the molecule is CCC(CC)NC(=O)C1CN(CC(=O)Nc2cccnc2Cl)c2ccccc2O1. The van der Waals surface area contributed by atoms with Gasteiger partial charge in [-0.1, -0.05) is 37.6 Å². The van der Waals surface area contributed by atoms with E-state index in [0.717, 1.165) is 18.5 Å². The molecule has 0 saturated heterocycles. The van der Waals surface area contributed by atoms with E-state index in [2.05, 4.69) is 15.6 Å². The first kappa shape index (κ1) is 20.9. The smallest absolute Gasteiger partial charge is 0.263 e. The van der Waals surface area contributed by atoms with Gasteiger partial charge in [-0.3, -0.25) is 9.59 Å². The third kappa shape index (κ3) is 5.17. The minimum Gasteiger partial charge on any atom is -0.477 e. The van der Waals surface area contributed by atoms with E-state index in [0.29, 0.717) is 11.4 Å². The van der Waals surface area contributed by atoms with Crippen LogP contribution in [-0.2, 0) is 9.59 Å². The van der Waals surface area contributed by atoms with Crippen LogP contribution in [0.4, 0.5) is 11.4 Å². The van der Waals surface area contributed by atoms with E-state index >= 15 is 0 Å². The normalized spacial score (nSPS) is 15.4. The highest BCUT2D eigenvalue weighted by Crippen LogP contribution is 2.33. The number of carbonyl (C=O) groups is 2. The fourth-order valence-corrected chi connectivity index (χ4v) is 3.39. The van der Waals surface area contributed by atoms with Crippen molar-refractivity contribution in [2.45, 2.75) is 38.8 Å². The maximum absolute atomic E-state index is 12.7. The van der Waals surface area contributed by atoms with Crippen molar-refractivity contribution >= 4 is 34.8 Å². The van der Waals surface area contributed by atoms with Gasteiger partial charge in [-0.2, -0.15) is 0 Å². The molecule has 0 aliphatic carbocycles. The minimum atomic E-state index is -0.694. The van der Waals surface area contributed by atoms with Gasteiger partial charge in [-0.05, 0) is 37.1 Å². The Morgan fingerprint density at radius 1 is 1.24 bits per heavy atom. The quantitative estimate of drug-likeness (QED) is 0.677. The molecule has 0 bridgehead atoms. The molecule has 2 heterocycles. The molecular formula is C21H25ClN4O3. The highest BCUT2D eigenvalue weighted by Gasteiger charge is 2.32. The average Bonchev–Trinajstić information content (AvgIpc) is 2.73. The summed E-state index contributed by atoms with van der Waals surface area (Å²) in [7, 11) is 0. The third-order valence-electron chi connectivity index (χ3n) is 4.85. The van der Waals surface area contributed by atoms with E-state index < -0.39 is 6.10 Å². The first-order valence-corrected chi connectivity index (χ1v) is 10.1. The number of para-hydroxylation sites is 2. The van der Waals surface area contributed by atoms with Crippen molar-refractivity contribution < 1.29 is 14.3 Å². The van der Waals surface area contributed by atoms with Gasteiger partial charge < -0.3 is 20.3 Å². The fourth-order valence-electron chi connectivity index (χ4n) is 3.22. The lowest BCUT2D eigenvalue weighted by molar-refractivity contribution is -0.129. The Kier molecular flexibility index (Phi) is 6.93. The molecule has 1 aliphatic rings. The number of pyridine rings is 1. The Labute approximate surface area is 175 Å². The molecule has 154 valence electrons. The number of amides is 2. The molecule has 7 nitrogen and oxygen atoms in total. The number of nitrogens with zero attached hydrogens (tertiary/aromatic N) is 2. The molecule has 2 amide bonds. The standard InChI is InChI=1S/C21H25ClN4O3/c1-3-14(4-2)24-21(28)18-12-26(16-9-5-6-10-17(16)29-18)13-19(27)25-15-8-7-11-23-20(15)22/h5-11,14,18H,3-4,12-13H2,1-2H3,(H,24,28)(H,25,27). The Balaban J connectivity index is 1.73. The maximum Gasteiger partial charge on any atom is 0.263 e. The van der Waals surface area contributed by atoms with E-state index in [4.69, 9.17) is 16.3 Å². The van der Waals surface area contributed by atoms with Crippen LogP contribution in [0.2, 0.25) is 5.15 Å². The third-order valence-corrected chi connectivity index (χ3v) is 5.15. The molecule has 1 atom stereocenters. The largest absolute Gasteiger partial charge is 0.477 e. The summed E-state index contributed by atoms with van der Waals surface area (Å²) >= 11 is 6.02. The lowest BCUT2D eigenvalue weighted by Gasteiger charge is -2.35. The fraction of sp³-hybridized carbons (Fsp3) is 0.381. The minimum absolute atomic E-state index is 0.0559. The van der Waals surface area contributed by atoms with Crippen LogP contribution in [0.1, 0.15) is 26.7 Å². The number of fused-ring (bicyclic) bond motifs is 1. The first-order valence-electron chi connectivity index (χ1n) is 9.73. The molecule has 29 heavy (non-hydrogen) atoms.